The number of hydrogen-bond acceptors (Lipinski definition) is 3. The molecule has 1 N–H and O–H groups in total. The van der Waals surface area contributed by atoms with Crippen LogP contribution in [0.25, 0.3) is 5.57 Å². The summed E-state index contributed by atoms with van der Waals surface area (Å²) >= 11 is 0. The number of aliphatic hydroxyl groups excluding tert-OH is 1. The van der Waals surface area contributed by atoms with Crippen LogP contribution in [-0.2, 0) is 13.2 Å². The van der Waals surface area contributed by atoms with Crippen molar-refractivity contribution < 1.29 is 5.11 Å². The van der Waals surface area contributed by atoms with E-state index in [1.165, 1.54) is 16.7 Å². The number of piperidine rings is 1. The summed E-state index contributed by atoms with van der Waals surface area (Å²) in [4.78, 5) is 7.12. The van der Waals surface area contributed by atoms with Gasteiger partial charge in [0, 0.05) is 25.2 Å². The minimum absolute atomic E-state index is 0.0659. The molecule has 122 valence electrons. The predicted molar refractivity (Wildman–Crippen MR) is 91.8 cm³/mol. The summed E-state index contributed by atoms with van der Waals surface area (Å²) < 4.78 is 2.24. The SMILES string of the molecule is CN1CCC(=C2C3=CCCC=C3CCn3c(CO)cnc32)CC1. The van der Waals surface area contributed by atoms with E-state index in [4.69, 9.17) is 4.98 Å². The van der Waals surface area contributed by atoms with Gasteiger partial charge >= 0.3 is 0 Å². The van der Waals surface area contributed by atoms with Crippen LogP contribution in [0.1, 0.15) is 43.6 Å². The lowest BCUT2D eigenvalue weighted by molar-refractivity contribution is 0.270. The number of allylic oxidation sites excluding steroid dienone is 5. The van der Waals surface area contributed by atoms with Gasteiger partial charge in [-0.05, 0) is 50.3 Å². The molecule has 4 heteroatoms. The first-order valence-electron chi connectivity index (χ1n) is 8.74. The van der Waals surface area contributed by atoms with Crippen molar-refractivity contribution in [3.05, 3.63) is 46.6 Å². The zero-order chi connectivity index (χ0) is 15.8. The summed E-state index contributed by atoms with van der Waals surface area (Å²) in [7, 11) is 2.20. The van der Waals surface area contributed by atoms with Crippen molar-refractivity contribution in [2.75, 3.05) is 20.1 Å². The van der Waals surface area contributed by atoms with Crippen LogP contribution in [0.3, 0.4) is 0 Å². The van der Waals surface area contributed by atoms with Crippen LogP contribution in [0.2, 0.25) is 0 Å². The summed E-state index contributed by atoms with van der Waals surface area (Å²) in [6, 6.07) is 0. The van der Waals surface area contributed by atoms with E-state index in [0.29, 0.717) is 0 Å². The molecule has 3 heterocycles. The Bertz CT molecular complexity index is 698. The molecule has 0 atom stereocenters. The Morgan fingerprint density at radius 2 is 1.87 bits per heavy atom. The third kappa shape index (κ3) is 2.60. The van der Waals surface area contributed by atoms with Gasteiger partial charge in [0.25, 0.3) is 0 Å². The summed E-state index contributed by atoms with van der Waals surface area (Å²) in [5.74, 6) is 1.07. The summed E-state index contributed by atoms with van der Waals surface area (Å²) in [6.07, 6.45) is 12.2. The predicted octanol–water partition coefficient (Wildman–Crippen LogP) is 2.90. The second-order valence-electron chi connectivity index (χ2n) is 6.84. The third-order valence-corrected chi connectivity index (χ3v) is 5.39. The van der Waals surface area contributed by atoms with Crippen LogP contribution in [-0.4, -0.2) is 39.7 Å². The molecule has 4 rings (SSSR count). The van der Waals surface area contributed by atoms with Gasteiger partial charge in [0.15, 0.2) is 0 Å². The van der Waals surface area contributed by atoms with Crippen molar-refractivity contribution in [2.45, 2.75) is 45.3 Å². The number of hydrogen-bond donors (Lipinski definition) is 1. The molecule has 4 nitrogen and oxygen atoms in total. The molecule has 1 fully saturated rings. The van der Waals surface area contributed by atoms with E-state index >= 15 is 0 Å². The van der Waals surface area contributed by atoms with Crippen molar-refractivity contribution in [1.82, 2.24) is 14.5 Å². The molecule has 0 radical (unpaired) electrons. The van der Waals surface area contributed by atoms with Crippen molar-refractivity contribution in [1.29, 1.82) is 0 Å². The fourth-order valence-corrected chi connectivity index (χ4v) is 4.05. The Kier molecular flexibility index (Phi) is 3.95. The van der Waals surface area contributed by atoms with Crippen LogP contribution < -0.4 is 0 Å². The monoisotopic (exact) mass is 311 g/mol. The second kappa shape index (κ2) is 6.10. The number of imidazole rings is 1. The van der Waals surface area contributed by atoms with Crippen LogP contribution in [0.4, 0.5) is 0 Å². The van der Waals surface area contributed by atoms with E-state index < -0.39 is 0 Å². The fraction of sp³-hybridized carbons (Fsp3) is 0.526. The number of nitrogens with zero attached hydrogens (tertiary/aromatic N) is 3. The number of fused-ring (bicyclic) bond motifs is 2. The summed E-state index contributed by atoms with van der Waals surface area (Å²) in [5, 5.41) is 9.65. The van der Waals surface area contributed by atoms with Gasteiger partial charge in [0.05, 0.1) is 18.5 Å². The van der Waals surface area contributed by atoms with Gasteiger partial charge in [-0.3, -0.25) is 0 Å². The maximum atomic E-state index is 9.65. The molecule has 1 aromatic heterocycles. The number of likely N-dealkylation sites (tertiary alicyclic amines) is 1. The fourth-order valence-electron chi connectivity index (χ4n) is 4.05. The van der Waals surface area contributed by atoms with Gasteiger partial charge in [0.2, 0.25) is 0 Å². The van der Waals surface area contributed by atoms with Gasteiger partial charge in [0.1, 0.15) is 5.82 Å². The molecule has 0 spiro atoms. The Balaban J connectivity index is 1.88. The van der Waals surface area contributed by atoms with E-state index in [1.54, 1.807) is 5.57 Å². The highest BCUT2D eigenvalue weighted by Crippen LogP contribution is 2.40. The Hall–Kier alpha value is -1.65. The molecule has 1 aromatic rings. The topological polar surface area (TPSA) is 41.3 Å². The van der Waals surface area contributed by atoms with Gasteiger partial charge in [-0.1, -0.05) is 17.7 Å². The largest absolute Gasteiger partial charge is 0.390 e. The van der Waals surface area contributed by atoms with Gasteiger partial charge < -0.3 is 14.6 Å². The zero-order valence-corrected chi connectivity index (χ0v) is 13.9. The van der Waals surface area contributed by atoms with E-state index in [9.17, 15) is 5.11 Å². The lowest BCUT2D eigenvalue weighted by Gasteiger charge is -2.27. The molecule has 0 bridgehead atoms. The summed E-state index contributed by atoms with van der Waals surface area (Å²) in [5.41, 5.74) is 6.74. The quantitative estimate of drug-likeness (QED) is 0.867. The third-order valence-electron chi connectivity index (χ3n) is 5.39. The van der Waals surface area contributed by atoms with Crippen LogP contribution in [0.15, 0.2) is 35.1 Å². The molecule has 3 aliphatic rings. The Morgan fingerprint density at radius 3 is 2.65 bits per heavy atom. The van der Waals surface area contributed by atoms with Crippen LogP contribution >= 0.6 is 0 Å². The molecule has 0 unspecified atom stereocenters. The van der Waals surface area contributed by atoms with E-state index in [1.807, 2.05) is 6.20 Å². The van der Waals surface area contributed by atoms with Crippen molar-refractivity contribution >= 4 is 5.57 Å². The normalized spacial score (nSPS) is 22.2. The lowest BCUT2D eigenvalue weighted by Crippen LogP contribution is -2.27. The molecule has 0 aromatic carbocycles. The minimum Gasteiger partial charge on any atom is -0.390 e. The number of rotatable bonds is 1. The van der Waals surface area contributed by atoms with E-state index in [-0.39, 0.29) is 6.61 Å². The van der Waals surface area contributed by atoms with Crippen molar-refractivity contribution in [2.24, 2.45) is 0 Å². The number of aromatic nitrogens is 2. The molecule has 0 saturated carbocycles. The Labute approximate surface area is 137 Å². The van der Waals surface area contributed by atoms with Gasteiger partial charge in [-0.2, -0.15) is 0 Å². The number of aliphatic hydroxyl groups is 1. The van der Waals surface area contributed by atoms with E-state index in [2.05, 4.69) is 28.7 Å². The second-order valence-corrected chi connectivity index (χ2v) is 6.84. The molecular weight excluding hydrogens is 286 g/mol. The first kappa shape index (κ1) is 14.9. The molecule has 23 heavy (non-hydrogen) atoms. The average molecular weight is 311 g/mol. The highest BCUT2D eigenvalue weighted by Gasteiger charge is 2.28. The maximum absolute atomic E-state index is 9.65. The van der Waals surface area contributed by atoms with Gasteiger partial charge in [-0.15, -0.1) is 0 Å². The molecular formula is C19H25N3O. The van der Waals surface area contributed by atoms with Crippen LogP contribution in [0, 0.1) is 0 Å². The molecule has 1 aliphatic carbocycles. The van der Waals surface area contributed by atoms with Crippen LogP contribution in [0.5, 0.6) is 0 Å². The van der Waals surface area contributed by atoms with Gasteiger partial charge in [-0.25, -0.2) is 4.98 Å². The first-order chi connectivity index (χ1) is 11.3. The standard InChI is InChI=1S/C19H25N3O/c1-21-9-6-15(7-10-21)18-17-5-3-2-4-14(17)8-11-22-16(13-23)12-20-19(18)22/h4-5,12,23H,2-3,6-11,13H2,1H3. The molecule has 2 aliphatic heterocycles. The smallest absolute Gasteiger partial charge is 0.140 e. The zero-order valence-electron chi connectivity index (χ0n) is 13.9. The molecule has 1 saturated heterocycles. The van der Waals surface area contributed by atoms with Crippen molar-refractivity contribution in [3.8, 4) is 0 Å². The average Bonchev–Trinajstić information content (AvgIpc) is 2.91. The van der Waals surface area contributed by atoms with Crippen molar-refractivity contribution in [3.63, 3.8) is 0 Å². The Morgan fingerprint density at radius 1 is 1.09 bits per heavy atom. The maximum Gasteiger partial charge on any atom is 0.140 e. The van der Waals surface area contributed by atoms with E-state index in [0.717, 1.165) is 63.3 Å². The minimum atomic E-state index is 0.0659. The first-order valence-corrected chi connectivity index (χ1v) is 8.74. The highest BCUT2D eigenvalue weighted by molar-refractivity contribution is 5.84. The summed E-state index contributed by atoms with van der Waals surface area (Å²) in [6.45, 7) is 3.24. The lowest BCUT2D eigenvalue weighted by atomic mass is 9.85. The highest BCUT2D eigenvalue weighted by atomic mass is 16.3. The molecule has 0 amide bonds.